The lowest BCUT2D eigenvalue weighted by Crippen LogP contribution is -2.52. The van der Waals surface area contributed by atoms with E-state index in [4.69, 9.17) is 9.47 Å². The number of halogens is 1. The predicted octanol–water partition coefficient (Wildman–Crippen LogP) is 1.73. The summed E-state index contributed by atoms with van der Waals surface area (Å²) in [7, 11) is 0. The molecule has 2 aliphatic rings. The maximum absolute atomic E-state index is 13.2. The summed E-state index contributed by atoms with van der Waals surface area (Å²) < 4.78 is 24.4. The number of benzene rings is 1. The van der Waals surface area contributed by atoms with Crippen molar-refractivity contribution in [1.29, 1.82) is 0 Å². The van der Waals surface area contributed by atoms with E-state index in [1.165, 1.54) is 12.1 Å². The molecule has 0 radical (unpaired) electrons. The first-order valence-electron chi connectivity index (χ1n) is 6.50. The summed E-state index contributed by atoms with van der Waals surface area (Å²) in [6, 6.07) is 3.67. The number of hydrogen-bond donors (Lipinski definition) is 0. The van der Waals surface area contributed by atoms with Gasteiger partial charge in [-0.15, -0.1) is 0 Å². The molecule has 6 nitrogen and oxygen atoms in total. The molecule has 3 rings (SSSR count). The molecule has 0 amide bonds. The lowest BCUT2D eigenvalue weighted by Gasteiger charge is -2.40. The molecule has 108 valence electrons. The van der Waals surface area contributed by atoms with E-state index >= 15 is 0 Å². The van der Waals surface area contributed by atoms with Crippen molar-refractivity contribution in [3.63, 3.8) is 0 Å². The predicted molar refractivity (Wildman–Crippen MR) is 69.4 cm³/mol. The standard InChI is InChI=1S/C13H15FN2O4/c14-10-1-2-11(12(7-10)16(17)18)15-4-6-20-13(8-15)3-5-19-9-13/h1-2,7H,3-6,8-9H2. The van der Waals surface area contributed by atoms with Crippen molar-refractivity contribution in [2.75, 3.05) is 37.8 Å². The first-order chi connectivity index (χ1) is 9.60. The van der Waals surface area contributed by atoms with E-state index in [2.05, 4.69) is 0 Å². The minimum Gasteiger partial charge on any atom is -0.378 e. The van der Waals surface area contributed by atoms with Crippen molar-refractivity contribution in [1.82, 2.24) is 0 Å². The van der Waals surface area contributed by atoms with Gasteiger partial charge in [-0.05, 0) is 12.1 Å². The third-order valence-corrected chi connectivity index (χ3v) is 3.79. The number of hydrogen-bond acceptors (Lipinski definition) is 5. The number of nitro groups is 1. The largest absolute Gasteiger partial charge is 0.378 e. The molecule has 0 N–H and O–H groups in total. The fourth-order valence-electron chi connectivity index (χ4n) is 2.79. The SMILES string of the molecule is O=[N+]([O-])c1cc(F)ccc1N1CCOC2(CCOC2)C1. The Hall–Kier alpha value is -1.73. The molecule has 1 unspecified atom stereocenters. The summed E-state index contributed by atoms with van der Waals surface area (Å²) in [6.45, 7) is 2.70. The monoisotopic (exact) mass is 282 g/mol. The van der Waals surface area contributed by atoms with E-state index in [1.807, 2.05) is 4.90 Å². The molecule has 0 aromatic heterocycles. The van der Waals surface area contributed by atoms with E-state index in [-0.39, 0.29) is 11.3 Å². The van der Waals surface area contributed by atoms with Crippen molar-refractivity contribution in [3.8, 4) is 0 Å². The topological polar surface area (TPSA) is 64.8 Å². The number of ether oxygens (including phenoxy) is 2. The second-order valence-electron chi connectivity index (χ2n) is 5.15. The molecule has 0 saturated carbocycles. The average molecular weight is 282 g/mol. The van der Waals surface area contributed by atoms with Gasteiger partial charge in [0.25, 0.3) is 5.69 Å². The fourth-order valence-corrected chi connectivity index (χ4v) is 2.79. The van der Waals surface area contributed by atoms with Gasteiger partial charge in [-0.2, -0.15) is 0 Å². The minimum absolute atomic E-state index is 0.207. The Balaban J connectivity index is 1.90. The molecule has 2 aliphatic heterocycles. The van der Waals surface area contributed by atoms with Crippen LogP contribution in [0.3, 0.4) is 0 Å². The highest BCUT2D eigenvalue weighted by Crippen LogP contribution is 2.34. The third kappa shape index (κ3) is 2.34. The van der Waals surface area contributed by atoms with Crippen LogP contribution in [0, 0.1) is 15.9 Å². The van der Waals surface area contributed by atoms with Gasteiger partial charge in [0, 0.05) is 26.1 Å². The summed E-state index contributed by atoms with van der Waals surface area (Å²) in [6.07, 6.45) is 0.776. The average Bonchev–Trinajstić information content (AvgIpc) is 2.86. The van der Waals surface area contributed by atoms with Crippen LogP contribution in [0.1, 0.15) is 6.42 Å². The summed E-state index contributed by atoms with van der Waals surface area (Å²) >= 11 is 0. The Morgan fingerprint density at radius 3 is 2.95 bits per heavy atom. The Morgan fingerprint density at radius 2 is 2.25 bits per heavy atom. The Kier molecular flexibility index (Phi) is 3.31. The van der Waals surface area contributed by atoms with Gasteiger partial charge in [-0.3, -0.25) is 10.1 Å². The minimum atomic E-state index is -0.604. The molecule has 7 heteroatoms. The number of morpholine rings is 1. The first kappa shape index (κ1) is 13.3. The molecule has 1 aromatic rings. The van der Waals surface area contributed by atoms with Crippen LogP contribution in [0.2, 0.25) is 0 Å². The molecule has 2 saturated heterocycles. The smallest absolute Gasteiger partial charge is 0.295 e. The molecule has 2 fully saturated rings. The second kappa shape index (κ2) is 4.99. The molecular weight excluding hydrogens is 267 g/mol. The molecule has 1 atom stereocenters. The van der Waals surface area contributed by atoms with Gasteiger partial charge in [0.1, 0.15) is 17.1 Å². The van der Waals surface area contributed by atoms with Crippen LogP contribution in [-0.4, -0.2) is 43.4 Å². The lowest BCUT2D eigenvalue weighted by atomic mass is 10.00. The zero-order valence-corrected chi connectivity index (χ0v) is 10.9. The van der Waals surface area contributed by atoms with Crippen molar-refractivity contribution >= 4 is 11.4 Å². The van der Waals surface area contributed by atoms with Crippen LogP contribution in [-0.2, 0) is 9.47 Å². The molecule has 20 heavy (non-hydrogen) atoms. The van der Waals surface area contributed by atoms with Crippen LogP contribution in [0.4, 0.5) is 15.8 Å². The van der Waals surface area contributed by atoms with Gasteiger partial charge >= 0.3 is 0 Å². The van der Waals surface area contributed by atoms with Crippen LogP contribution >= 0.6 is 0 Å². The van der Waals surface area contributed by atoms with Gasteiger partial charge in [0.2, 0.25) is 0 Å². The molecule has 2 heterocycles. The van der Waals surface area contributed by atoms with Crippen molar-refractivity contribution < 1.29 is 18.8 Å². The van der Waals surface area contributed by atoms with Crippen molar-refractivity contribution in [2.24, 2.45) is 0 Å². The second-order valence-corrected chi connectivity index (χ2v) is 5.15. The van der Waals surface area contributed by atoms with Crippen LogP contribution in [0.5, 0.6) is 0 Å². The molecule has 1 spiro atoms. The van der Waals surface area contributed by atoms with Crippen molar-refractivity contribution in [2.45, 2.75) is 12.0 Å². The maximum atomic E-state index is 13.2. The van der Waals surface area contributed by atoms with Crippen LogP contribution in [0.15, 0.2) is 18.2 Å². The maximum Gasteiger partial charge on any atom is 0.295 e. The zero-order chi connectivity index (χ0) is 14.2. The molecular formula is C13H15FN2O4. The fraction of sp³-hybridized carbons (Fsp3) is 0.538. The highest BCUT2D eigenvalue weighted by Gasteiger charge is 2.41. The van der Waals surface area contributed by atoms with E-state index in [0.717, 1.165) is 12.5 Å². The summed E-state index contributed by atoms with van der Waals surface area (Å²) in [4.78, 5) is 12.4. The van der Waals surface area contributed by atoms with E-state index in [1.54, 1.807) is 0 Å². The first-order valence-corrected chi connectivity index (χ1v) is 6.50. The molecule has 0 aliphatic carbocycles. The van der Waals surface area contributed by atoms with E-state index in [0.29, 0.717) is 38.6 Å². The molecule has 1 aromatic carbocycles. The highest BCUT2D eigenvalue weighted by molar-refractivity contribution is 5.63. The normalized spacial score (nSPS) is 26.1. The quantitative estimate of drug-likeness (QED) is 0.610. The zero-order valence-electron chi connectivity index (χ0n) is 10.9. The summed E-state index contributed by atoms with van der Waals surface area (Å²) in [5, 5.41) is 11.1. The molecule has 0 bridgehead atoms. The third-order valence-electron chi connectivity index (χ3n) is 3.79. The van der Waals surface area contributed by atoms with Gasteiger partial charge < -0.3 is 14.4 Å². The number of anilines is 1. The Labute approximate surface area is 115 Å². The Morgan fingerprint density at radius 1 is 1.40 bits per heavy atom. The van der Waals surface area contributed by atoms with E-state index in [9.17, 15) is 14.5 Å². The van der Waals surface area contributed by atoms with Crippen LogP contribution < -0.4 is 4.90 Å². The Bertz CT molecular complexity index is 531. The number of nitrogens with zero attached hydrogens (tertiary/aromatic N) is 2. The highest BCUT2D eigenvalue weighted by atomic mass is 19.1. The number of nitro benzene ring substituents is 1. The van der Waals surface area contributed by atoms with Crippen LogP contribution in [0.25, 0.3) is 0 Å². The van der Waals surface area contributed by atoms with E-state index < -0.39 is 10.7 Å². The van der Waals surface area contributed by atoms with Gasteiger partial charge in [0.05, 0.1) is 24.2 Å². The van der Waals surface area contributed by atoms with Crippen molar-refractivity contribution in [3.05, 3.63) is 34.1 Å². The summed E-state index contributed by atoms with van der Waals surface area (Å²) in [5.74, 6) is -0.604. The van der Waals surface area contributed by atoms with Gasteiger partial charge in [0.15, 0.2) is 0 Å². The van der Waals surface area contributed by atoms with Gasteiger partial charge in [-0.25, -0.2) is 4.39 Å². The lowest BCUT2D eigenvalue weighted by molar-refractivity contribution is -0.384. The summed E-state index contributed by atoms with van der Waals surface area (Å²) in [5.41, 5.74) is -0.160. The van der Waals surface area contributed by atoms with Gasteiger partial charge in [-0.1, -0.05) is 0 Å². The number of rotatable bonds is 2.